The lowest BCUT2D eigenvalue weighted by atomic mass is 10.1. The van der Waals surface area contributed by atoms with Gasteiger partial charge >= 0.3 is 0 Å². The van der Waals surface area contributed by atoms with Gasteiger partial charge in [-0.15, -0.1) is 0 Å². The Kier molecular flexibility index (Phi) is 7.82. The van der Waals surface area contributed by atoms with Crippen LogP contribution < -0.4 is 0 Å². The van der Waals surface area contributed by atoms with Gasteiger partial charge in [-0.2, -0.15) is 0 Å². The van der Waals surface area contributed by atoms with E-state index in [1.807, 2.05) is 31.2 Å². The summed E-state index contributed by atoms with van der Waals surface area (Å²) in [6.07, 6.45) is -0.687. The maximum atomic E-state index is 12.7. The van der Waals surface area contributed by atoms with Gasteiger partial charge in [-0.25, -0.2) is 0 Å². The number of hydrogen-bond donors (Lipinski definition) is 0. The summed E-state index contributed by atoms with van der Waals surface area (Å²) in [5, 5.41) is 0. The smallest absolute Gasteiger partial charge is 0.253 e. The molecule has 0 aliphatic rings. The van der Waals surface area contributed by atoms with Crippen LogP contribution in [0.4, 0.5) is 0 Å². The Bertz CT molecular complexity index is 666. The molecule has 4 nitrogen and oxygen atoms in total. The van der Waals surface area contributed by atoms with Gasteiger partial charge in [-0.1, -0.05) is 12.1 Å². The number of Topliss-reactive ketones (excluding diaryl/α,β-unsaturated/α-hetero) is 1. The third kappa shape index (κ3) is 5.49. The molecule has 0 heterocycles. The van der Waals surface area contributed by atoms with Crippen molar-refractivity contribution in [2.24, 2.45) is 0 Å². The minimum Gasteiger partial charge on any atom is -0.371 e. The molecule has 0 aliphatic heterocycles. The highest BCUT2D eigenvalue weighted by atomic mass is 127. The van der Waals surface area contributed by atoms with E-state index >= 15 is 0 Å². The van der Waals surface area contributed by atoms with Crippen LogP contribution in [0, 0.1) is 7.14 Å². The van der Waals surface area contributed by atoms with E-state index in [-0.39, 0.29) is 18.2 Å². The van der Waals surface area contributed by atoms with Gasteiger partial charge in [0.05, 0.1) is 6.54 Å². The average Bonchev–Trinajstić information content (AvgIpc) is 2.63. The number of benzene rings is 2. The Morgan fingerprint density at radius 2 is 1.44 bits per heavy atom. The van der Waals surface area contributed by atoms with Gasteiger partial charge in [0.15, 0.2) is 5.78 Å². The lowest BCUT2D eigenvalue weighted by molar-refractivity contribution is 0.0425. The third-order valence-corrected chi connectivity index (χ3v) is 5.29. The van der Waals surface area contributed by atoms with Crippen LogP contribution in [0.25, 0.3) is 0 Å². The van der Waals surface area contributed by atoms with Crippen molar-refractivity contribution < 1.29 is 14.3 Å². The van der Waals surface area contributed by atoms with Crippen LogP contribution >= 0.6 is 45.2 Å². The summed E-state index contributed by atoms with van der Waals surface area (Å²) in [5.41, 5.74) is 1.20. The van der Waals surface area contributed by atoms with Crippen LogP contribution in [-0.2, 0) is 4.74 Å². The van der Waals surface area contributed by atoms with Crippen molar-refractivity contribution in [2.75, 3.05) is 20.2 Å². The predicted molar refractivity (Wildman–Crippen MR) is 115 cm³/mol. The van der Waals surface area contributed by atoms with Gasteiger partial charge in [-0.05, 0) is 88.5 Å². The lowest BCUT2D eigenvalue weighted by Gasteiger charge is -2.25. The molecular formula is C19H19I2NO3. The summed E-state index contributed by atoms with van der Waals surface area (Å²) in [7, 11) is 1.50. The fourth-order valence-corrected chi connectivity index (χ4v) is 3.11. The van der Waals surface area contributed by atoms with Crippen molar-refractivity contribution in [1.82, 2.24) is 4.90 Å². The molecule has 2 rings (SSSR count). The van der Waals surface area contributed by atoms with E-state index in [1.54, 1.807) is 29.2 Å². The molecule has 1 unspecified atom stereocenters. The third-order valence-electron chi connectivity index (χ3n) is 3.85. The number of nitrogens with zero attached hydrogens (tertiary/aromatic N) is 1. The molecule has 1 amide bonds. The number of likely N-dealkylation sites (N-methyl/N-ethyl adjacent to an activating group) is 1. The van der Waals surface area contributed by atoms with E-state index in [0.29, 0.717) is 17.7 Å². The minimum atomic E-state index is -0.687. The second-order valence-electron chi connectivity index (χ2n) is 5.45. The van der Waals surface area contributed by atoms with Crippen LogP contribution in [0.5, 0.6) is 0 Å². The Hall–Kier alpha value is -1.000. The van der Waals surface area contributed by atoms with Crippen LogP contribution in [0.1, 0.15) is 27.6 Å². The van der Waals surface area contributed by atoms with Gasteiger partial charge in [-0.3, -0.25) is 9.59 Å². The van der Waals surface area contributed by atoms with Crippen molar-refractivity contribution in [1.29, 1.82) is 0 Å². The van der Waals surface area contributed by atoms with Gasteiger partial charge in [0.1, 0.15) is 6.10 Å². The summed E-state index contributed by atoms with van der Waals surface area (Å²) in [6, 6.07) is 14.7. The zero-order valence-corrected chi connectivity index (χ0v) is 18.4. The van der Waals surface area contributed by atoms with Gasteiger partial charge in [0.2, 0.25) is 0 Å². The first-order chi connectivity index (χ1) is 12.0. The van der Waals surface area contributed by atoms with Gasteiger partial charge in [0, 0.05) is 31.9 Å². The Balaban J connectivity index is 2.14. The molecule has 0 saturated heterocycles. The van der Waals surface area contributed by atoms with Crippen molar-refractivity contribution >= 4 is 56.9 Å². The average molecular weight is 563 g/mol. The second-order valence-corrected chi connectivity index (χ2v) is 7.94. The lowest BCUT2D eigenvalue weighted by Crippen LogP contribution is -2.41. The molecule has 0 spiro atoms. The molecule has 0 aromatic heterocycles. The number of amides is 1. The van der Waals surface area contributed by atoms with Crippen molar-refractivity contribution in [3.8, 4) is 0 Å². The Morgan fingerprint density at radius 1 is 0.960 bits per heavy atom. The highest BCUT2D eigenvalue weighted by molar-refractivity contribution is 14.1. The summed E-state index contributed by atoms with van der Waals surface area (Å²) >= 11 is 4.39. The van der Waals surface area contributed by atoms with Crippen LogP contribution in [0.15, 0.2) is 48.5 Å². The Labute approximate surface area is 175 Å². The standard InChI is InChI=1S/C19H19I2NO3/c1-3-22(19(24)14-6-10-16(21)11-7-14)12-17(25-2)18(23)13-4-8-15(20)9-5-13/h4-11,17H,3,12H2,1-2H3. The molecule has 132 valence electrons. The predicted octanol–water partition coefficient (Wildman–Crippen LogP) is 4.26. The molecule has 0 radical (unpaired) electrons. The monoisotopic (exact) mass is 563 g/mol. The number of carbonyl (C=O) groups is 2. The minimum absolute atomic E-state index is 0.101. The summed E-state index contributed by atoms with van der Waals surface area (Å²) in [5.74, 6) is -0.218. The topological polar surface area (TPSA) is 46.6 Å². The number of hydrogen-bond acceptors (Lipinski definition) is 3. The SMILES string of the molecule is CCN(CC(OC)C(=O)c1ccc(I)cc1)C(=O)c1ccc(I)cc1. The molecule has 0 bridgehead atoms. The number of ketones is 1. The molecule has 2 aromatic carbocycles. The zero-order chi connectivity index (χ0) is 18.4. The summed E-state index contributed by atoms with van der Waals surface area (Å²) in [6.45, 7) is 2.62. The molecule has 6 heteroatoms. The van der Waals surface area contributed by atoms with E-state index in [1.165, 1.54) is 7.11 Å². The number of ether oxygens (including phenoxy) is 1. The number of rotatable bonds is 7. The van der Waals surface area contributed by atoms with Crippen molar-refractivity contribution in [3.05, 3.63) is 66.8 Å². The maximum absolute atomic E-state index is 12.7. The normalized spacial score (nSPS) is 11.8. The Morgan fingerprint density at radius 3 is 1.88 bits per heavy atom. The van der Waals surface area contributed by atoms with E-state index in [2.05, 4.69) is 45.2 Å². The van der Waals surface area contributed by atoms with Crippen LogP contribution in [0.2, 0.25) is 0 Å². The molecule has 0 fully saturated rings. The number of halogens is 2. The van der Waals surface area contributed by atoms with Crippen molar-refractivity contribution in [3.63, 3.8) is 0 Å². The van der Waals surface area contributed by atoms with Gasteiger partial charge in [0.25, 0.3) is 5.91 Å². The highest BCUT2D eigenvalue weighted by Crippen LogP contribution is 2.14. The second kappa shape index (κ2) is 9.63. The fourth-order valence-electron chi connectivity index (χ4n) is 2.40. The van der Waals surface area contributed by atoms with E-state index < -0.39 is 6.10 Å². The van der Waals surface area contributed by atoms with Gasteiger partial charge < -0.3 is 9.64 Å². The molecule has 25 heavy (non-hydrogen) atoms. The largest absolute Gasteiger partial charge is 0.371 e. The number of carbonyl (C=O) groups excluding carboxylic acids is 2. The molecular weight excluding hydrogens is 544 g/mol. The van der Waals surface area contributed by atoms with Crippen LogP contribution in [0.3, 0.4) is 0 Å². The van der Waals surface area contributed by atoms with E-state index in [0.717, 1.165) is 7.14 Å². The molecule has 0 aliphatic carbocycles. The first kappa shape index (κ1) is 20.3. The molecule has 2 aromatic rings. The molecule has 0 saturated carbocycles. The fraction of sp³-hybridized carbons (Fsp3) is 0.263. The van der Waals surface area contributed by atoms with Crippen molar-refractivity contribution in [2.45, 2.75) is 13.0 Å². The molecule has 1 atom stereocenters. The van der Waals surface area contributed by atoms with E-state index in [9.17, 15) is 9.59 Å². The zero-order valence-electron chi connectivity index (χ0n) is 14.0. The summed E-state index contributed by atoms with van der Waals surface area (Å²) < 4.78 is 7.52. The summed E-state index contributed by atoms with van der Waals surface area (Å²) in [4.78, 5) is 27.0. The van der Waals surface area contributed by atoms with E-state index in [4.69, 9.17) is 4.74 Å². The first-order valence-corrected chi connectivity index (χ1v) is 9.99. The number of methoxy groups -OCH3 is 1. The quantitative estimate of drug-likeness (QED) is 0.374. The molecule has 0 N–H and O–H groups in total. The first-order valence-electron chi connectivity index (χ1n) is 7.83. The highest BCUT2D eigenvalue weighted by Gasteiger charge is 2.25. The maximum Gasteiger partial charge on any atom is 0.253 e. The van der Waals surface area contributed by atoms with Crippen LogP contribution in [-0.4, -0.2) is 42.9 Å².